The molecule has 1 aromatic heterocycles. The standard InChI is InChI=1S/C15H18FN5O4S/c1-26(17,23)6-2-5-24-15-13(20-25-21-15)14(19-22)18-12-7-9-3-4-10(16)8-11(9)12/h3-4,8,12,17,22H,2,5-7H2,1H3,(H,18,19)/t12-,26?/m0/s1. The lowest BCUT2D eigenvalue weighted by Crippen LogP contribution is -2.36. The van der Waals surface area contributed by atoms with E-state index < -0.39 is 9.73 Å². The summed E-state index contributed by atoms with van der Waals surface area (Å²) in [7, 11) is -2.59. The van der Waals surface area contributed by atoms with Gasteiger partial charge in [0.25, 0.3) is 5.88 Å². The van der Waals surface area contributed by atoms with Crippen molar-refractivity contribution in [1.29, 1.82) is 4.78 Å². The first kappa shape index (κ1) is 18.1. The number of hydrogen-bond donors (Lipinski definition) is 3. The van der Waals surface area contributed by atoms with Gasteiger partial charge in [0.1, 0.15) is 5.82 Å². The van der Waals surface area contributed by atoms with E-state index in [0.29, 0.717) is 12.8 Å². The Balaban J connectivity index is 1.64. The quantitative estimate of drug-likeness (QED) is 0.218. The van der Waals surface area contributed by atoms with Crippen LogP contribution in [0, 0.1) is 10.6 Å². The van der Waals surface area contributed by atoms with Gasteiger partial charge in [-0.2, -0.15) is 0 Å². The minimum atomic E-state index is -2.59. The predicted octanol–water partition coefficient (Wildman–Crippen LogP) is 1.68. The van der Waals surface area contributed by atoms with Gasteiger partial charge in [-0.15, -0.1) is 0 Å². The molecule has 3 rings (SSSR count). The first-order chi connectivity index (χ1) is 12.4. The predicted molar refractivity (Wildman–Crippen MR) is 90.4 cm³/mol. The zero-order valence-corrected chi connectivity index (χ0v) is 14.8. The Morgan fingerprint density at radius 3 is 3.12 bits per heavy atom. The molecule has 140 valence electrons. The highest BCUT2D eigenvalue weighted by atomic mass is 32.2. The average Bonchev–Trinajstić information content (AvgIpc) is 3.02. The molecule has 0 fully saturated rings. The van der Waals surface area contributed by atoms with Crippen molar-refractivity contribution in [3.05, 3.63) is 40.8 Å². The Morgan fingerprint density at radius 2 is 2.38 bits per heavy atom. The second-order valence-electron chi connectivity index (χ2n) is 6.02. The molecule has 0 radical (unpaired) electrons. The monoisotopic (exact) mass is 383 g/mol. The molecule has 1 aliphatic rings. The van der Waals surface area contributed by atoms with Gasteiger partial charge in [-0.1, -0.05) is 11.2 Å². The molecule has 9 nitrogen and oxygen atoms in total. The summed E-state index contributed by atoms with van der Waals surface area (Å²) in [5.41, 5.74) is 1.85. The van der Waals surface area contributed by atoms with E-state index in [1.807, 2.05) is 0 Å². The van der Waals surface area contributed by atoms with Crippen LogP contribution in [0.15, 0.2) is 28.0 Å². The fourth-order valence-electron chi connectivity index (χ4n) is 2.64. The molecular weight excluding hydrogens is 365 g/mol. The highest BCUT2D eigenvalue weighted by Crippen LogP contribution is 2.33. The maximum absolute atomic E-state index is 13.4. The van der Waals surface area contributed by atoms with Crippen molar-refractivity contribution in [2.75, 3.05) is 18.6 Å². The normalized spacial score (nSPS) is 18.5. The third kappa shape index (κ3) is 4.10. The van der Waals surface area contributed by atoms with E-state index in [1.165, 1.54) is 18.4 Å². The van der Waals surface area contributed by atoms with Crippen molar-refractivity contribution in [2.45, 2.75) is 18.9 Å². The van der Waals surface area contributed by atoms with Crippen LogP contribution in [0.4, 0.5) is 4.39 Å². The maximum atomic E-state index is 13.4. The molecule has 2 aromatic rings. The summed E-state index contributed by atoms with van der Waals surface area (Å²) in [4.78, 5) is 0. The number of benzene rings is 1. The van der Waals surface area contributed by atoms with Crippen molar-refractivity contribution in [2.24, 2.45) is 5.16 Å². The smallest absolute Gasteiger partial charge is 0.287 e. The lowest BCUT2D eigenvalue weighted by atomic mass is 9.83. The fraction of sp³-hybridized carbons (Fsp3) is 0.400. The molecular formula is C15H18FN5O4S. The number of oxime groups is 1. The number of aromatic nitrogens is 2. The number of nitrogens with zero attached hydrogens (tertiary/aromatic N) is 3. The summed E-state index contributed by atoms with van der Waals surface area (Å²) in [6.45, 7) is 0.154. The summed E-state index contributed by atoms with van der Waals surface area (Å²) < 4.78 is 42.1. The van der Waals surface area contributed by atoms with Crippen LogP contribution in [-0.2, 0) is 16.1 Å². The third-order valence-electron chi connectivity index (χ3n) is 3.92. The van der Waals surface area contributed by atoms with Gasteiger partial charge in [-0.3, -0.25) is 8.99 Å². The van der Waals surface area contributed by atoms with Crippen LogP contribution in [-0.4, -0.2) is 44.2 Å². The number of amidine groups is 1. The van der Waals surface area contributed by atoms with Crippen molar-refractivity contribution < 1.29 is 23.2 Å². The molecule has 1 aromatic carbocycles. The van der Waals surface area contributed by atoms with Crippen LogP contribution in [0.5, 0.6) is 5.88 Å². The number of halogens is 1. The summed E-state index contributed by atoms with van der Waals surface area (Å²) in [5.74, 6) is -0.151. The highest BCUT2D eigenvalue weighted by Gasteiger charge is 2.30. The first-order valence-electron chi connectivity index (χ1n) is 7.81. The minimum Gasteiger partial charge on any atom is -0.474 e. The Kier molecular flexibility index (Phi) is 5.07. The molecule has 1 aliphatic carbocycles. The fourth-order valence-corrected chi connectivity index (χ4v) is 3.30. The van der Waals surface area contributed by atoms with E-state index in [4.69, 9.17) is 9.52 Å². The van der Waals surface area contributed by atoms with Gasteiger partial charge < -0.3 is 15.3 Å². The minimum absolute atomic E-state index is 0.0108. The van der Waals surface area contributed by atoms with Crippen LogP contribution in [0.25, 0.3) is 0 Å². The number of nitrogens with one attached hydrogen (secondary N) is 2. The molecule has 0 aliphatic heterocycles. The van der Waals surface area contributed by atoms with E-state index >= 15 is 0 Å². The van der Waals surface area contributed by atoms with E-state index in [0.717, 1.165) is 11.1 Å². The van der Waals surface area contributed by atoms with Gasteiger partial charge in [0.15, 0.2) is 0 Å². The van der Waals surface area contributed by atoms with Gasteiger partial charge in [-0.05, 0) is 46.4 Å². The topological polar surface area (TPSA) is 134 Å². The maximum Gasteiger partial charge on any atom is 0.287 e. The molecule has 0 spiro atoms. The van der Waals surface area contributed by atoms with Crippen LogP contribution in [0.2, 0.25) is 0 Å². The lowest BCUT2D eigenvalue weighted by molar-refractivity contribution is 0.256. The molecule has 0 saturated heterocycles. The van der Waals surface area contributed by atoms with Crippen molar-refractivity contribution >= 4 is 15.6 Å². The van der Waals surface area contributed by atoms with Crippen LogP contribution >= 0.6 is 0 Å². The molecule has 1 heterocycles. The van der Waals surface area contributed by atoms with Crippen molar-refractivity contribution in [3.63, 3.8) is 0 Å². The van der Waals surface area contributed by atoms with Gasteiger partial charge in [-0.25, -0.2) is 9.02 Å². The van der Waals surface area contributed by atoms with E-state index in [2.05, 4.69) is 25.4 Å². The number of fused-ring (bicyclic) bond motifs is 1. The van der Waals surface area contributed by atoms with E-state index in [1.54, 1.807) is 6.07 Å². The summed E-state index contributed by atoms with van der Waals surface area (Å²) >= 11 is 0. The Morgan fingerprint density at radius 1 is 1.58 bits per heavy atom. The van der Waals surface area contributed by atoms with Crippen LogP contribution in [0.3, 0.4) is 0 Å². The SMILES string of the molecule is CS(=N)(=O)CCCOc1nonc1C(=NO)N[C@H]1Cc2ccc(F)cc21. The second-order valence-corrected chi connectivity index (χ2v) is 8.44. The van der Waals surface area contributed by atoms with Gasteiger partial charge in [0, 0.05) is 21.7 Å². The first-order valence-corrected chi connectivity index (χ1v) is 9.95. The van der Waals surface area contributed by atoms with Gasteiger partial charge in [0.2, 0.25) is 11.5 Å². The molecule has 0 saturated carbocycles. The Labute approximate surface area is 149 Å². The van der Waals surface area contributed by atoms with Crippen molar-refractivity contribution in [1.82, 2.24) is 15.6 Å². The zero-order valence-electron chi connectivity index (χ0n) is 13.9. The Hall–Kier alpha value is -2.69. The second kappa shape index (κ2) is 7.28. The van der Waals surface area contributed by atoms with Crippen molar-refractivity contribution in [3.8, 4) is 5.88 Å². The molecule has 2 atom stereocenters. The molecule has 0 amide bonds. The molecule has 3 N–H and O–H groups in total. The zero-order chi connectivity index (χ0) is 18.7. The molecule has 26 heavy (non-hydrogen) atoms. The Bertz CT molecular complexity index is 928. The summed E-state index contributed by atoms with van der Waals surface area (Å²) in [5, 5.41) is 22.7. The number of ether oxygens (including phenoxy) is 1. The number of hydrogen-bond acceptors (Lipinski definition) is 8. The molecule has 0 bridgehead atoms. The van der Waals surface area contributed by atoms with E-state index in [-0.39, 0.29) is 41.6 Å². The summed E-state index contributed by atoms with van der Waals surface area (Å²) in [6.07, 6.45) is 2.39. The van der Waals surface area contributed by atoms with Gasteiger partial charge in [0.05, 0.1) is 12.6 Å². The number of rotatable bonds is 7. The van der Waals surface area contributed by atoms with Crippen LogP contribution < -0.4 is 10.1 Å². The van der Waals surface area contributed by atoms with Crippen LogP contribution in [0.1, 0.15) is 29.3 Å². The summed E-state index contributed by atoms with van der Waals surface area (Å²) in [6, 6.07) is 4.30. The molecule has 11 heteroatoms. The third-order valence-corrected chi connectivity index (χ3v) is 4.99. The highest BCUT2D eigenvalue weighted by molar-refractivity contribution is 7.91. The lowest BCUT2D eigenvalue weighted by Gasteiger charge is -2.31. The van der Waals surface area contributed by atoms with E-state index in [9.17, 15) is 13.8 Å². The molecule has 1 unspecified atom stereocenters. The van der Waals surface area contributed by atoms with Gasteiger partial charge >= 0.3 is 0 Å². The largest absolute Gasteiger partial charge is 0.474 e. The average molecular weight is 383 g/mol.